The first-order valence-electron chi connectivity index (χ1n) is 3.62. The molecule has 62 valence electrons. The predicted octanol–water partition coefficient (Wildman–Crippen LogP) is 2.02. The van der Waals surface area contributed by atoms with E-state index in [9.17, 15) is 0 Å². The molecule has 0 unspecified atom stereocenters. The van der Waals surface area contributed by atoms with Gasteiger partial charge in [0.05, 0.1) is 13.4 Å². The molecule has 0 aliphatic rings. The number of anilines is 1. The monoisotopic (exact) mass is 163 g/mol. The van der Waals surface area contributed by atoms with E-state index in [0.29, 0.717) is 17.0 Å². The van der Waals surface area contributed by atoms with Gasteiger partial charge >= 0.3 is 0 Å². The third-order valence-corrected chi connectivity index (χ3v) is 1.83. The minimum atomic E-state index is 0.706. The molecule has 1 aromatic carbocycles. The molecular weight excluding hydrogens is 154 g/mol. The molecule has 0 amide bonds. The maximum absolute atomic E-state index is 5.71. The molecule has 0 radical (unpaired) electrons. The molecule has 1 heterocycles. The van der Waals surface area contributed by atoms with Crippen molar-refractivity contribution >= 4 is 16.7 Å². The normalized spacial score (nSPS) is 10.4. The Balaban J connectivity index is 2.82. The molecule has 2 aromatic rings. The molecular formula is C9H9NO2. The van der Waals surface area contributed by atoms with Gasteiger partial charge in [-0.15, -0.1) is 0 Å². The van der Waals surface area contributed by atoms with Crippen molar-refractivity contribution < 1.29 is 9.15 Å². The van der Waals surface area contributed by atoms with Gasteiger partial charge < -0.3 is 14.9 Å². The molecule has 0 aliphatic heterocycles. The lowest BCUT2D eigenvalue weighted by Gasteiger charge is -2.01. The van der Waals surface area contributed by atoms with Gasteiger partial charge in [-0.2, -0.15) is 0 Å². The van der Waals surface area contributed by atoms with E-state index in [1.165, 1.54) is 0 Å². The Morgan fingerprint density at radius 2 is 2.17 bits per heavy atom. The number of ether oxygens (including phenoxy) is 1. The van der Waals surface area contributed by atoms with Gasteiger partial charge in [-0.3, -0.25) is 0 Å². The minimum absolute atomic E-state index is 0.706. The van der Waals surface area contributed by atoms with Crippen LogP contribution in [0, 0.1) is 0 Å². The number of nitrogens with two attached hydrogens (primary N) is 1. The van der Waals surface area contributed by atoms with E-state index >= 15 is 0 Å². The number of hydrogen-bond donors (Lipinski definition) is 1. The molecule has 3 heteroatoms. The molecule has 0 bridgehead atoms. The number of nitrogen functional groups attached to an aromatic ring is 1. The van der Waals surface area contributed by atoms with E-state index < -0.39 is 0 Å². The zero-order valence-corrected chi connectivity index (χ0v) is 6.70. The van der Waals surface area contributed by atoms with Crippen molar-refractivity contribution in [2.24, 2.45) is 0 Å². The van der Waals surface area contributed by atoms with E-state index in [2.05, 4.69) is 0 Å². The van der Waals surface area contributed by atoms with Crippen molar-refractivity contribution in [2.75, 3.05) is 12.8 Å². The van der Waals surface area contributed by atoms with Gasteiger partial charge in [0.15, 0.2) is 11.3 Å². The first kappa shape index (κ1) is 7.03. The standard InChI is InChI=1S/C9H9NO2/c1-11-8-3-2-7(10)6-4-5-12-9(6)8/h2-5H,10H2,1H3. The third-order valence-electron chi connectivity index (χ3n) is 1.83. The Hall–Kier alpha value is -1.64. The van der Waals surface area contributed by atoms with Crippen molar-refractivity contribution in [1.82, 2.24) is 0 Å². The smallest absolute Gasteiger partial charge is 0.177 e. The number of rotatable bonds is 1. The number of furan rings is 1. The van der Waals surface area contributed by atoms with Crippen LogP contribution in [0.25, 0.3) is 11.0 Å². The van der Waals surface area contributed by atoms with Crippen LogP contribution in [0.3, 0.4) is 0 Å². The highest BCUT2D eigenvalue weighted by molar-refractivity contribution is 5.93. The lowest BCUT2D eigenvalue weighted by atomic mass is 10.2. The van der Waals surface area contributed by atoms with Gasteiger partial charge in [0.1, 0.15) is 0 Å². The lowest BCUT2D eigenvalue weighted by Crippen LogP contribution is -1.87. The maximum atomic E-state index is 5.71. The summed E-state index contributed by atoms with van der Waals surface area (Å²) in [6.07, 6.45) is 1.60. The van der Waals surface area contributed by atoms with Crippen LogP contribution in [0.2, 0.25) is 0 Å². The fourth-order valence-corrected chi connectivity index (χ4v) is 1.22. The molecule has 0 aliphatic carbocycles. The van der Waals surface area contributed by atoms with Crippen LogP contribution in [0.1, 0.15) is 0 Å². The molecule has 1 aromatic heterocycles. The molecule has 3 nitrogen and oxygen atoms in total. The van der Waals surface area contributed by atoms with Crippen molar-refractivity contribution in [3.63, 3.8) is 0 Å². The summed E-state index contributed by atoms with van der Waals surface area (Å²) in [5, 5.41) is 0.898. The van der Waals surface area contributed by atoms with Crippen LogP contribution in [0.4, 0.5) is 5.69 Å². The Bertz CT molecular complexity index is 406. The van der Waals surface area contributed by atoms with Crippen molar-refractivity contribution in [3.8, 4) is 5.75 Å². The first-order valence-corrected chi connectivity index (χ1v) is 3.62. The van der Waals surface area contributed by atoms with Crippen LogP contribution in [0.5, 0.6) is 5.75 Å². The van der Waals surface area contributed by atoms with Crippen LogP contribution >= 0.6 is 0 Å². The minimum Gasteiger partial charge on any atom is -0.493 e. The van der Waals surface area contributed by atoms with E-state index in [0.717, 1.165) is 5.39 Å². The Morgan fingerprint density at radius 1 is 1.33 bits per heavy atom. The summed E-state index contributed by atoms with van der Waals surface area (Å²) >= 11 is 0. The highest BCUT2D eigenvalue weighted by Gasteiger charge is 2.06. The second kappa shape index (κ2) is 2.44. The summed E-state index contributed by atoms with van der Waals surface area (Å²) in [4.78, 5) is 0. The predicted molar refractivity (Wildman–Crippen MR) is 47.2 cm³/mol. The van der Waals surface area contributed by atoms with Crippen molar-refractivity contribution in [3.05, 3.63) is 24.5 Å². The summed E-state index contributed by atoms with van der Waals surface area (Å²) in [5.74, 6) is 0.712. The SMILES string of the molecule is COc1ccc(N)c2ccoc12. The number of hydrogen-bond acceptors (Lipinski definition) is 3. The van der Waals surface area contributed by atoms with E-state index in [4.69, 9.17) is 14.9 Å². The van der Waals surface area contributed by atoms with Gasteiger partial charge in [-0.05, 0) is 18.2 Å². The van der Waals surface area contributed by atoms with E-state index in [1.807, 2.05) is 6.07 Å². The molecule has 0 fully saturated rings. The molecule has 12 heavy (non-hydrogen) atoms. The average Bonchev–Trinajstić information content (AvgIpc) is 2.54. The highest BCUT2D eigenvalue weighted by atomic mass is 16.5. The highest BCUT2D eigenvalue weighted by Crippen LogP contribution is 2.30. The first-order chi connectivity index (χ1) is 5.83. The molecule has 0 atom stereocenters. The van der Waals surface area contributed by atoms with Gasteiger partial charge in [0.25, 0.3) is 0 Å². The molecule has 0 saturated heterocycles. The fraction of sp³-hybridized carbons (Fsp3) is 0.111. The maximum Gasteiger partial charge on any atom is 0.177 e. The van der Waals surface area contributed by atoms with Crippen LogP contribution in [-0.2, 0) is 0 Å². The summed E-state index contributed by atoms with van der Waals surface area (Å²) < 4.78 is 10.3. The van der Waals surface area contributed by atoms with Gasteiger partial charge in [0.2, 0.25) is 0 Å². The number of fused-ring (bicyclic) bond motifs is 1. The van der Waals surface area contributed by atoms with Gasteiger partial charge in [-0.25, -0.2) is 0 Å². The Kier molecular flexibility index (Phi) is 1.43. The Labute approximate surface area is 69.7 Å². The zero-order chi connectivity index (χ0) is 8.55. The molecule has 2 rings (SSSR count). The fourth-order valence-electron chi connectivity index (χ4n) is 1.22. The van der Waals surface area contributed by atoms with Crippen LogP contribution < -0.4 is 10.5 Å². The summed E-state index contributed by atoms with van der Waals surface area (Å²) in [5.41, 5.74) is 7.12. The molecule has 0 spiro atoms. The zero-order valence-electron chi connectivity index (χ0n) is 6.70. The molecule has 2 N–H and O–H groups in total. The van der Waals surface area contributed by atoms with Crippen LogP contribution in [-0.4, -0.2) is 7.11 Å². The van der Waals surface area contributed by atoms with Gasteiger partial charge in [-0.1, -0.05) is 0 Å². The summed E-state index contributed by atoms with van der Waals surface area (Å²) in [6, 6.07) is 5.42. The largest absolute Gasteiger partial charge is 0.493 e. The molecule has 0 saturated carbocycles. The second-order valence-corrected chi connectivity index (χ2v) is 2.52. The number of benzene rings is 1. The Morgan fingerprint density at radius 3 is 2.92 bits per heavy atom. The quantitative estimate of drug-likeness (QED) is 0.654. The average molecular weight is 163 g/mol. The van der Waals surface area contributed by atoms with Gasteiger partial charge in [0, 0.05) is 11.1 Å². The topological polar surface area (TPSA) is 48.4 Å². The van der Waals surface area contributed by atoms with Crippen molar-refractivity contribution in [1.29, 1.82) is 0 Å². The second-order valence-electron chi connectivity index (χ2n) is 2.52. The lowest BCUT2D eigenvalue weighted by molar-refractivity contribution is 0.410. The number of methoxy groups -OCH3 is 1. The van der Waals surface area contributed by atoms with E-state index in [1.54, 1.807) is 25.5 Å². The summed E-state index contributed by atoms with van der Waals surface area (Å²) in [7, 11) is 1.60. The van der Waals surface area contributed by atoms with Crippen molar-refractivity contribution in [2.45, 2.75) is 0 Å². The van der Waals surface area contributed by atoms with E-state index in [-0.39, 0.29) is 0 Å². The summed E-state index contributed by atoms with van der Waals surface area (Å²) in [6.45, 7) is 0. The third kappa shape index (κ3) is 0.830. The van der Waals surface area contributed by atoms with Crippen LogP contribution in [0.15, 0.2) is 28.9 Å².